The van der Waals surface area contributed by atoms with Crippen LogP contribution in [0.25, 0.3) is 0 Å². The van der Waals surface area contributed by atoms with Crippen molar-refractivity contribution >= 4 is 23.4 Å². The van der Waals surface area contributed by atoms with E-state index >= 15 is 0 Å². The Labute approximate surface area is 163 Å². The fourth-order valence-corrected chi connectivity index (χ4v) is 2.55. The van der Waals surface area contributed by atoms with Crippen LogP contribution in [-0.4, -0.2) is 22.3 Å². The van der Waals surface area contributed by atoms with E-state index in [0.717, 1.165) is 29.8 Å². The first-order valence-corrected chi connectivity index (χ1v) is 9.20. The third-order valence-corrected chi connectivity index (χ3v) is 4.19. The number of amides is 2. The van der Waals surface area contributed by atoms with Gasteiger partial charge in [0, 0.05) is 11.7 Å². The molecule has 3 N–H and O–H groups in total. The number of carbonyl (C=O) groups excluding carboxylic acids is 1. The average molecular weight is 375 g/mol. The molecule has 2 aromatic carbocycles. The van der Waals surface area contributed by atoms with Crippen molar-refractivity contribution in [1.82, 2.24) is 15.5 Å². The Morgan fingerprint density at radius 2 is 1.64 bits per heavy atom. The lowest BCUT2D eigenvalue weighted by Gasteiger charge is -2.09. The number of benzene rings is 2. The molecule has 1 heterocycles. The van der Waals surface area contributed by atoms with Crippen LogP contribution in [0.1, 0.15) is 18.4 Å². The van der Waals surface area contributed by atoms with Gasteiger partial charge in [-0.05, 0) is 54.8 Å². The van der Waals surface area contributed by atoms with Crippen LogP contribution in [0.5, 0.6) is 5.75 Å². The van der Waals surface area contributed by atoms with E-state index in [2.05, 4.69) is 26.1 Å². The summed E-state index contributed by atoms with van der Waals surface area (Å²) >= 11 is 0. The smallest absolute Gasteiger partial charge is 0.320 e. The minimum absolute atomic E-state index is 0.247. The first kappa shape index (κ1) is 17.8. The van der Waals surface area contributed by atoms with Crippen molar-refractivity contribution in [3.63, 3.8) is 0 Å². The van der Waals surface area contributed by atoms with Crippen molar-refractivity contribution in [2.75, 3.05) is 10.6 Å². The Balaban J connectivity index is 1.28. The van der Waals surface area contributed by atoms with Crippen molar-refractivity contribution in [2.24, 2.45) is 0 Å². The number of hydrogen-bond acceptors (Lipinski definition) is 5. The van der Waals surface area contributed by atoms with E-state index in [-0.39, 0.29) is 6.03 Å². The summed E-state index contributed by atoms with van der Waals surface area (Å²) in [7, 11) is 0. The molecule has 0 radical (unpaired) electrons. The maximum absolute atomic E-state index is 11.7. The van der Waals surface area contributed by atoms with E-state index in [1.807, 2.05) is 54.6 Å². The van der Waals surface area contributed by atoms with Crippen LogP contribution in [-0.2, 0) is 6.61 Å². The van der Waals surface area contributed by atoms with E-state index in [4.69, 9.17) is 4.74 Å². The molecular formula is C21H21N5O2. The molecule has 0 bridgehead atoms. The Kier molecular flexibility index (Phi) is 5.33. The third-order valence-electron chi connectivity index (χ3n) is 4.19. The summed E-state index contributed by atoms with van der Waals surface area (Å²) in [6.07, 6.45) is 2.08. The Morgan fingerprint density at radius 3 is 2.32 bits per heavy atom. The van der Waals surface area contributed by atoms with Crippen molar-refractivity contribution in [2.45, 2.75) is 25.5 Å². The molecule has 7 heteroatoms. The topological polar surface area (TPSA) is 88.2 Å². The quantitative estimate of drug-likeness (QED) is 0.579. The molecule has 4 rings (SSSR count). The minimum atomic E-state index is -0.247. The number of urea groups is 1. The summed E-state index contributed by atoms with van der Waals surface area (Å²) in [6.45, 7) is 0.530. The molecule has 1 saturated carbocycles. The molecule has 1 aliphatic carbocycles. The number of anilines is 3. The highest BCUT2D eigenvalue weighted by molar-refractivity contribution is 5.88. The minimum Gasteiger partial charge on any atom is -0.489 e. The van der Waals surface area contributed by atoms with Gasteiger partial charge < -0.3 is 15.4 Å². The van der Waals surface area contributed by atoms with Gasteiger partial charge in [0.2, 0.25) is 0 Å². The second-order valence-electron chi connectivity index (χ2n) is 6.60. The molecule has 0 spiro atoms. The second-order valence-corrected chi connectivity index (χ2v) is 6.60. The lowest BCUT2D eigenvalue weighted by atomic mass is 10.2. The van der Waals surface area contributed by atoms with Gasteiger partial charge in [-0.3, -0.25) is 5.32 Å². The maximum atomic E-state index is 11.7. The zero-order chi connectivity index (χ0) is 19.2. The number of aromatic nitrogens is 2. The van der Waals surface area contributed by atoms with Gasteiger partial charge in [0.05, 0.1) is 0 Å². The van der Waals surface area contributed by atoms with Crippen LogP contribution >= 0.6 is 0 Å². The van der Waals surface area contributed by atoms with Crippen LogP contribution in [0, 0.1) is 0 Å². The fourth-order valence-electron chi connectivity index (χ4n) is 2.55. The Bertz CT molecular complexity index is 910. The summed E-state index contributed by atoms with van der Waals surface area (Å²) in [6, 6.07) is 21.2. The average Bonchev–Trinajstić information content (AvgIpc) is 3.54. The molecule has 1 aromatic heterocycles. The van der Waals surface area contributed by atoms with E-state index in [9.17, 15) is 4.79 Å². The summed E-state index contributed by atoms with van der Waals surface area (Å²) in [5, 5.41) is 16.8. The summed E-state index contributed by atoms with van der Waals surface area (Å²) < 4.78 is 5.78. The van der Waals surface area contributed by atoms with E-state index < -0.39 is 0 Å². The van der Waals surface area contributed by atoms with Crippen LogP contribution in [0.15, 0.2) is 66.7 Å². The van der Waals surface area contributed by atoms with Crippen LogP contribution in [0.2, 0.25) is 0 Å². The molecule has 1 aliphatic rings. The summed E-state index contributed by atoms with van der Waals surface area (Å²) in [4.78, 5) is 11.7. The molecule has 2 amide bonds. The SMILES string of the molecule is O=C(Nc1ccc(Nc2ccc(OCc3ccccc3)cc2)nn1)NC1CC1. The molecule has 0 unspecified atom stereocenters. The number of nitrogens with zero attached hydrogens (tertiary/aromatic N) is 2. The largest absolute Gasteiger partial charge is 0.489 e. The Hall–Kier alpha value is -3.61. The zero-order valence-corrected chi connectivity index (χ0v) is 15.3. The van der Waals surface area contributed by atoms with E-state index in [1.165, 1.54) is 0 Å². The van der Waals surface area contributed by atoms with Gasteiger partial charge in [-0.1, -0.05) is 30.3 Å². The highest BCUT2D eigenvalue weighted by Crippen LogP contribution is 2.20. The van der Waals surface area contributed by atoms with E-state index in [0.29, 0.717) is 24.3 Å². The molecule has 0 atom stereocenters. The number of carbonyl (C=O) groups is 1. The fraction of sp³-hybridized carbons (Fsp3) is 0.190. The van der Waals surface area contributed by atoms with E-state index in [1.54, 1.807) is 12.1 Å². The van der Waals surface area contributed by atoms with Crippen molar-refractivity contribution < 1.29 is 9.53 Å². The van der Waals surface area contributed by atoms with Gasteiger partial charge in [-0.2, -0.15) is 0 Å². The molecule has 7 nitrogen and oxygen atoms in total. The van der Waals surface area contributed by atoms with Crippen molar-refractivity contribution in [1.29, 1.82) is 0 Å². The van der Waals surface area contributed by atoms with Crippen molar-refractivity contribution in [3.8, 4) is 5.75 Å². The molecular weight excluding hydrogens is 354 g/mol. The predicted molar refractivity (Wildman–Crippen MR) is 108 cm³/mol. The number of hydrogen-bond donors (Lipinski definition) is 3. The first-order valence-electron chi connectivity index (χ1n) is 9.20. The number of ether oxygens (including phenoxy) is 1. The third kappa shape index (κ3) is 5.20. The Morgan fingerprint density at radius 1 is 0.929 bits per heavy atom. The second kappa shape index (κ2) is 8.39. The maximum Gasteiger partial charge on any atom is 0.320 e. The van der Waals surface area contributed by atoms with Gasteiger partial charge in [-0.15, -0.1) is 10.2 Å². The molecule has 28 heavy (non-hydrogen) atoms. The van der Waals surface area contributed by atoms with Crippen molar-refractivity contribution in [3.05, 3.63) is 72.3 Å². The molecule has 0 aliphatic heterocycles. The highest BCUT2D eigenvalue weighted by atomic mass is 16.5. The molecule has 3 aromatic rings. The summed E-state index contributed by atoms with van der Waals surface area (Å²) in [5.74, 6) is 1.79. The van der Waals surface area contributed by atoms with Gasteiger partial charge in [0.25, 0.3) is 0 Å². The predicted octanol–water partition coefficient (Wildman–Crippen LogP) is 4.08. The molecule has 142 valence electrons. The normalized spacial score (nSPS) is 12.9. The standard InChI is InChI=1S/C21H21N5O2/c27-21(23-17-6-7-17)24-20-13-12-19(25-26-20)22-16-8-10-18(11-9-16)28-14-15-4-2-1-3-5-15/h1-5,8-13,17H,6-7,14H2,(H,22,25)(H2,23,24,26,27). The first-order chi connectivity index (χ1) is 13.7. The number of nitrogens with one attached hydrogen (secondary N) is 3. The van der Waals surface area contributed by atoms with Crippen LogP contribution in [0.3, 0.4) is 0 Å². The van der Waals surface area contributed by atoms with Gasteiger partial charge in [0.15, 0.2) is 11.6 Å². The van der Waals surface area contributed by atoms with Crippen LogP contribution < -0.4 is 20.7 Å². The molecule has 0 saturated heterocycles. The van der Waals surface area contributed by atoms with Gasteiger partial charge in [0.1, 0.15) is 12.4 Å². The number of rotatable bonds is 7. The monoisotopic (exact) mass is 375 g/mol. The van der Waals surface area contributed by atoms with Gasteiger partial charge >= 0.3 is 6.03 Å². The highest BCUT2D eigenvalue weighted by Gasteiger charge is 2.23. The van der Waals surface area contributed by atoms with Gasteiger partial charge in [-0.25, -0.2) is 4.79 Å². The lowest BCUT2D eigenvalue weighted by molar-refractivity contribution is 0.251. The zero-order valence-electron chi connectivity index (χ0n) is 15.3. The van der Waals surface area contributed by atoms with Crippen LogP contribution in [0.4, 0.5) is 22.1 Å². The summed E-state index contributed by atoms with van der Waals surface area (Å²) in [5.41, 5.74) is 1.99. The molecule has 1 fully saturated rings. The lowest BCUT2D eigenvalue weighted by Crippen LogP contribution is -2.30.